The van der Waals surface area contributed by atoms with Gasteiger partial charge in [0.2, 0.25) is 0 Å². The summed E-state index contributed by atoms with van der Waals surface area (Å²) < 4.78 is 6.16. The maximum Gasteiger partial charge on any atom is 0.335 e. The summed E-state index contributed by atoms with van der Waals surface area (Å²) in [6, 6.07) is 4.31. The van der Waals surface area contributed by atoms with Gasteiger partial charge in [-0.15, -0.1) is 0 Å². The molecular weight excluding hydrogens is 340 g/mol. The molecule has 1 aromatic carbocycles. The molecule has 0 atom stereocenters. The van der Waals surface area contributed by atoms with E-state index in [1.165, 1.54) is 12.1 Å². The number of carboxylic acid groups (broad SMARTS) is 1. The van der Waals surface area contributed by atoms with Gasteiger partial charge in [-0.25, -0.2) is 9.59 Å². The molecule has 1 heterocycles. The third kappa shape index (κ3) is 4.18. The molecule has 0 spiro atoms. The van der Waals surface area contributed by atoms with Gasteiger partial charge in [0.15, 0.2) is 0 Å². The van der Waals surface area contributed by atoms with Crippen molar-refractivity contribution in [3.05, 3.63) is 28.2 Å². The van der Waals surface area contributed by atoms with E-state index in [-0.39, 0.29) is 17.2 Å². The average Bonchev–Trinajstić information content (AvgIpc) is 2.36. The lowest BCUT2D eigenvalue weighted by Crippen LogP contribution is -2.51. The van der Waals surface area contributed by atoms with Gasteiger partial charge < -0.3 is 20.1 Å². The van der Waals surface area contributed by atoms with Gasteiger partial charge in [-0.05, 0) is 32.0 Å². The summed E-state index contributed by atoms with van der Waals surface area (Å²) in [6.07, 6.45) is 0. The van der Waals surface area contributed by atoms with E-state index in [1.807, 2.05) is 13.8 Å². The number of morpholine rings is 1. The molecule has 2 amide bonds. The van der Waals surface area contributed by atoms with Crippen molar-refractivity contribution in [3.8, 4) is 0 Å². The molecule has 2 rings (SSSR count). The first-order valence-corrected chi connectivity index (χ1v) is 7.30. The van der Waals surface area contributed by atoms with Crippen molar-refractivity contribution in [1.29, 1.82) is 0 Å². The molecule has 1 aliphatic heterocycles. The minimum absolute atomic E-state index is 0.113. The summed E-state index contributed by atoms with van der Waals surface area (Å²) in [6.45, 7) is 5.33. The zero-order valence-corrected chi connectivity index (χ0v) is 13.4. The number of aromatic carboxylic acids is 1. The van der Waals surface area contributed by atoms with Crippen molar-refractivity contribution >= 4 is 33.6 Å². The van der Waals surface area contributed by atoms with E-state index >= 15 is 0 Å². The summed E-state index contributed by atoms with van der Waals surface area (Å²) in [7, 11) is 0. The van der Waals surface area contributed by atoms with Crippen LogP contribution in [0.4, 0.5) is 10.5 Å². The number of carboxylic acids is 1. The quantitative estimate of drug-likeness (QED) is 0.853. The van der Waals surface area contributed by atoms with Crippen LogP contribution in [0.5, 0.6) is 0 Å². The minimum Gasteiger partial charge on any atom is -0.478 e. The van der Waals surface area contributed by atoms with Gasteiger partial charge in [0, 0.05) is 16.7 Å². The van der Waals surface area contributed by atoms with Gasteiger partial charge in [0.1, 0.15) is 0 Å². The summed E-state index contributed by atoms with van der Waals surface area (Å²) in [5.41, 5.74) is 0.178. The van der Waals surface area contributed by atoms with Crippen LogP contribution in [0, 0.1) is 0 Å². The van der Waals surface area contributed by atoms with Crippen LogP contribution in [0.15, 0.2) is 22.7 Å². The second kappa shape index (κ2) is 6.03. The molecule has 0 aliphatic carbocycles. The Labute approximate surface area is 131 Å². The van der Waals surface area contributed by atoms with E-state index in [0.29, 0.717) is 29.9 Å². The van der Waals surface area contributed by atoms with E-state index in [9.17, 15) is 9.59 Å². The molecule has 0 unspecified atom stereocenters. The standard InChI is InChI=1S/C14H17BrN2O4/c1-14(2)8-17(3-4-21-14)13(20)16-11-6-9(12(18)19)5-10(15)7-11/h5-7H,3-4,8H2,1-2H3,(H,16,20)(H,18,19). The first kappa shape index (κ1) is 15.8. The Bertz CT molecular complexity index is 574. The number of benzene rings is 1. The summed E-state index contributed by atoms with van der Waals surface area (Å²) in [5.74, 6) is -1.04. The Morgan fingerprint density at radius 2 is 2.10 bits per heavy atom. The smallest absolute Gasteiger partial charge is 0.335 e. The van der Waals surface area contributed by atoms with Crippen LogP contribution in [-0.2, 0) is 4.74 Å². The molecule has 0 radical (unpaired) electrons. The van der Waals surface area contributed by atoms with Gasteiger partial charge in [0.05, 0.1) is 24.3 Å². The van der Waals surface area contributed by atoms with Crippen molar-refractivity contribution in [2.75, 3.05) is 25.0 Å². The van der Waals surface area contributed by atoms with Gasteiger partial charge in [-0.2, -0.15) is 0 Å². The molecule has 6 nitrogen and oxygen atoms in total. The van der Waals surface area contributed by atoms with Crippen LogP contribution < -0.4 is 5.32 Å². The van der Waals surface area contributed by atoms with E-state index in [2.05, 4.69) is 21.2 Å². The van der Waals surface area contributed by atoms with E-state index in [1.54, 1.807) is 11.0 Å². The largest absolute Gasteiger partial charge is 0.478 e. The second-order valence-corrected chi connectivity index (χ2v) is 6.41. The van der Waals surface area contributed by atoms with Crippen LogP contribution in [0.1, 0.15) is 24.2 Å². The van der Waals surface area contributed by atoms with Gasteiger partial charge in [-0.1, -0.05) is 15.9 Å². The summed E-state index contributed by atoms with van der Waals surface area (Å²) in [4.78, 5) is 24.9. The molecule has 0 aromatic heterocycles. The number of ether oxygens (including phenoxy) is 1. The number of halogens is 1. The lowest BCUT2D eigenvalue weighted by atomic mass is 10.1. The number of urea groups is 1. The second-order valence-electron chi connectivity index (χ2n) is 5.49. The molecule has 1 aromatic rings. The Balaban J connectivity index is 2.11. The SMILES string of the molecule is CC1(C)CN(C(=O)Nc2cc(Br)cc(C(=O)O)c2)CCO1. The van der Waals surface area contributed by atoms with Crippen molar-refractivity contribution in [2.45, 2.75) is 19.4 Å². The maximum absolute atomic E-state index is 12.2. The van der Waals surface area contributed by atoms with E-state index in [0.717, 1.165) is 0 Å². The highest BCUT2D eigenvalue weighted by Gasteiger charge is 2.30. The molecule has 0 saturated carbocycles. The molecule has 7 heteroatoms. The lowest BCUT2D eigenvalue weighted by Gasteiger charge is -2.38. The van der Waals surface area contributed by atoms with Crippen LogP contribution in [0.3, 0.4) is 0 Å². The maximum atomic E-state index is 12.2. The molecular formula is C14H17BrN2O4. The fraction of sp³-hybridized carbons (Fsp3) is 0.429. The van der Waals surface area contributed by atoms with E-state index < -0.39 is 5.97 Å². The number of carbonyl (C=O) groups excluding carboxylic acids is 1. The molecule has 0 bridgehead atoms. The Hall–Kier alpha value is -1.60. The molecule has 114 valence electrons. The van der Waals surface area contributed by atoms with Crippen molar-refractivity contribution < 1.29 is 19.4 Å². The zero-order valence-electron chi connectivity index (χ0n) is 11.9. The number of carbonyl (C=O) groups is 2. The number of hydrogen-bond acceptors (Lipinski definition) is 3. The normalized spacial score (nSPS) is 17.4. The van der Waals surface area contributed by atoms with Crippen molar-refractivity contribution in [2.24, 2.45) is 0 Å². The third-order valence-electron chi connectivity index (χ3n) is 3.11. The number of nitrogens with one attached hydrogen (secondary N) is 1. The Kier molecular flexibility index (Phi) is 4.53. The van der Waals surface area contributed by atoms with Crippen molar-refractivity contribution in [3.63, 3.8) is 0 Å². The summed E-state index contributed by atoms with van der Waals surface area (Å²) >= 11 is 3.24. The zero-order chi connectivity index (χ0) is 15.6. The fourth-order valence-corrected chi connectivity index (χ4v) is 2.67. The molecule has 1 fully saturated rings. The van der Waals surface area contributed by atoms with Gasteiger partial charge in [-0.3, -0.25) is 0 Å². The molecule has 21 heavy (non-hydrogen) atoms. The predicted octanol–water partition coefficient (Wildman–Crippen LogP) is 2.79. The van der Waals surface area contributed by atoms with Gasteiger partial charge >= 0.3 is 12.0 Å². The first-order chi connectivity index (χ1) is 9.77. The topological polar surface area (TPSA) is 78.9 Å². The first-order valence-electron chi connectivity index (χ1n) is 6.51. The molecule has 1 saturated heterocycles. The predicted molar refractivity (Wildman–Crippen MR) is 81.7 cm³/mol. The van der Waals surface area contributed by atoms with Crippen LogP contribution in [0.2, 0.25) is 0 Å². The third-order valence-corrected chi connectivity index (χ3v) is 3.57. The molecule has 2 N–H and O–H groups in total. The Morgan fingerprint density at radius 1 is 1.38 bits per heavy atom. The fourth-order valence-electron chi connectivity index (χ4n) is 2.18. The van der Waals surface area contributed by atoms with Crippen LogP contribution in [0.25, 0.3) is 0 Å². The highest BCUT2D eigenvalue weighted by Crippen LogP contribution is 2.21. The highest BCUT2D eigenvalue weighted by atomic mass is 79.9. The number of hydrogen-bond donors (Lipinski definition) is 2. The van der Waals surface area contributed by atoms with Crippen molar-refractivity contribution in [1.82, 2.24) is 4.90 Å². The average molecular weight is 357 g/mol. The lowest BCUT2D eigenvalue weighted by molar-refractivity contribution is -0.0720. The monoisotopic (exact) mass is 356 g/mol. The van der Waals surface area contributed by atoms with E-state index in [4.69, 9.17) is 9.84 Å². The summed E-state index contributed by atoms with van der Waals surface area (Å²) in [5, 5.41) is 11.7. The minimum atomic E-state index is -1.04. The Morgan fingerprint density at radius 3 is 2.71 bits per heavy atom. The highest BCUT2D eigenvalue weighted by molar-refractivity contribution is 9.10. The van der Waals surface area contributed by atoms with Crippen LogP contribution in [-0.4, -0.2) is 47.3 Å². The number of nitrogens with zero attached hydrogens (tertiary/aromatic N) is 1. The van der Waals surface area contributed by atoms with Crippen LogP contribution >= 0.6 is 15.9 Å². The number of rotatable bonds is 2. The number of anilines is 1. The van der Waals surface area contributed by atoms with Gasteiger partial charge in [0.25, 0.3) is 0 Å². The molecule has 1 aliphatic rings. The number of amides is 2.